The van der Waals surface area contributed by atoms with E-state index in [0.717, 1.165) is 11.1 Å². The van der Waals surface area contributed by atoms with Crippen molar-refractivity contribution in [2.75, 3.05) is 13.2 Å². The largest absolute Gasteiger partial charge is 0.486 e. The highest BCUT2D eigenvalue weighted by atomic mass is 16.6. The number of rotatable bonds is 7. The highest BCUT2D eigenvalue weighted by molar-refractivity contribution is 5.95. The summed E-state index contributed by atoms with van der Waals surface area (Å²) in [6.45, 7) is 3.24. The van der Waals surface area contributed by atoms with Gasteiger partial charge in [-0.3, -0.25) is 4.79 Å². The third kappa shape index (κ3) is 4.59. The maximum absolute atomic E-state index is 13.7. The van der Waals surface area contributed by atoms with Gasteiger partial charge in [-0.15, -0.1) is 0 Å². The van der Waals surface area contributed by atoms with E-state index in [4.69, 9.17) is 9.47 Å². The van der Waals surface area contributed by atoms with E-state index in [-0.39, 0.29) is 24.1 Å². The van der Waals surface area contributed by atoms with Gasteiger partial charge in [0.05, 0.1) is 11.6 Å². The summed E-state index contributed by atoms with van der Waals surface area (Å²) in [6.07, 6.45) is 0.707. The van der Waals surface area contributed by atoms with Crippen LogP contribution in [0.15, 0.2) is 72.8 Å². The number of ether oxygens (including phenoxy) is 2. The van der Waals surface area contributed by atoms with Gasteiger partial charge in [0, 0.05) is 12.1 Å². The molecule has 0 spiro atoms. The van der Waals surface area contributed by atoms with Gasteiger partial charge in [0.2, 0.25) is 0 Å². The van der Waals surface area contributed by atoms with E-state index in [2.05, 4.69) is 0 Å². The first-order chi connectivity index (χ1) is 15.6. The van der Waals surface area contributed by atoms with E-state index >= 15 is 0 Å². The number of carbonyl (C=O) groups excluding carboxylic acids is 1. The molecule has 32 heavy (non-hydrogen) atoms. The Labute approximate surface area is 187 Å². The summed E-state index contributed by atoms with van der Waals surface area (Å²) in [5.41, 5.74) is 2.47. The zero-order valence-corrected chi connectivity index (χ0v) is 17.9. The molecule has 6 heteroatoms. The van der Waals surface area contributed by atoms with Gasteiger partial charge in [0.25, 0.3) is 5.91 Å². The molecular weight excluding hydrogens is 406 g/mol. The number of benzene rings is 3. The van der Waals surface area contributed by atoms with Crippen LogP contribution in [0.1, 0.15) is 51.2 Å². The lowest BCUT2D eigenvalue weighted by Gasteiger charge is -2.32. The van der Waals surface area contributed by atoms with E-state index < -0.39 is 5.97 Å². The second-order valence-electron chi connectivity index (χ2n) is 7.63. The Morgan fingerprint density at radius 2 is 1.66 bits per heavy atom. The smallest absolute Gasteiger partial charge is 0.335 e. The maximum atomic E-state index is 13.7. The predicted molar refractivity (Wildman–Crippen MR) is 120 cm³/mol. The average Bonchev–Trinajstić information content (AvgIpc) is 2.84. The molecular formula is C26H25NO5. The number of nitrogens with zero attached hydrogens (tertiary/aromatic N) is 1. The van der Waals surface area contributed by atoms with Crippen LogP contribution in [-0.4, -0.2) is 35.1 Å². The topological polar surface area (TPSA) is 76.1 Å². The molecule has 1 N–H and O–H groups in total. The quantitative estimate of drug-likeness (QED) is 0.573. The monoisotopic (exact) mass is 431 g/mol. The van der Waals surface area contributed by atoms with Gasteiger partial charge in [-0.05, 0) is 47.9 Å². The Hall–Kier alpha value is -3.80. The van der Waals surface area contributed by atoms with Gasteiger partial charge in [-0.1, -0.05) is 49.4 Å². The van der Waals surface area contributed by atoms with Crippen LogP contribution >= 0.6 is 0 Å². The van der Waals surface area contributed by atoms with Crippen LogP contribution in [0.3, 0.4) is 0 Å². The van der Waals surface area contributed by atoms with Crippen LogP contribution in [0.2, 0.25) is 0 Å². The van der Waals surface area contributed by atoms with Crippen LogP contribution in [0, 0.1) is 0 Å². The molecule has 0 radical (unpaired) electrons. The molecule has 0 unspecified atom stereocenters. The second kappa shape index (κ2) is 9.56. The molecule has 0 bridgehead atoms. The maximum Gasteiger partial charge on any atom is 0.335 e. The molecule has 0 aliphatic carbocycles. The molecule has 0 aromatic heterocycles. The summed E-state index contributed by atoms with van der Waals surface area (Å²) in [4.78, 5) is 27.0. The van der Waals surface area contributed by atoms with Gasteiger partial charge < -0.3 is 19.5 Å². The van der Waals surface area contributed by atoms with Crippen LogP contribution in [-0.2, 0) is 6.54 Å². The molecule has 4 rings (SSSR count). The number of carbonyl (C=O) groups is 2. The summed E-state index contributed by atoms with van der Waals surface area (Å²) < 4.78 is 11.2. The standard InChI is InChI=1S/C26H25NO5/c1-2-22(19-8-4-3-5-9-19)27(17-18-7-6-10-21(15-18)26(29)30)25(28)20-11-12-23-24(16-20)32-14-13-31-23/h3-12,15-16,22H,2,13-14,17H2,1H3,(H,29,30)/t22-/m0/s1. The highest BCUT2D eigenvalue weighted by Gasteiger charge is 2.27. The Bertz CT molecular complexity index is 1110. The molecule has 1 aliphatic rings. The number of carboxylic acid groups (broad SMARTS) is 1. The SMILES string of the molecule is CC[C@@H](c1ccccc1)N(Cc1cccc(C(=O)O)c1)C(=O)c1ccc2c(c1)OCCO2. The van der Waals surface area contributed by atoms with E-state index in [9.17, 15) is 14.7 Å². The molecule has 1 amide bonds. The molecule has 3 aromatic carbocycles. The normalized spacial score (nSPS) is 13.3. The number of amides is 1. The fraction of sp³-hybridized carbons (Fsp3) is 0.231. The second-order valence-corrected chi connectivity index (χ2v) is 7.63. The summed E-state index contributed by atoms with van der Waals surface area (Å²) in [5, 5.41) is 9.37. The molecule has 3 aromatic rings. The molecule has 0 saturated heterocycles. The van der Waals surface area contributed by atoms with Crippen molar-refractivity contribution in [3.63, 3.8) is 0 Å². The van der Waals surface area contributed by atoms with Crippen molar-refractivity contribution in [3.8, 4) is 11.5 Å². The van der Waals surface area contributed by atoms with Gasteiger partial charge in [0.15, 0.2) is 11.5 Å². The summed E-state index contributed by atoms with van der Waals surface area (Å²) in [6, 6.07) is 21.6. The fourth-order valence-electron chi connectivity index (χ4n) is 3.98. The molecule has 6 nitrogen and oxygen atoms in total. The molecule has 1 heterocycles. The number of hydrogen-bond donors (Lipinski definition) is 1. The molecule has 1 aliphatic heterocycles. The van der Waals surface area contributed by atoms with Gasteiger partial charge in [0.1, 0.15) is 13.2 Å². The minimum atomic E-state index is -0.994. The first-order valence-electron chi connectivity index (χ1n) is 10.6. The Kier molecular flexibility index (Phi) is 6.40. The van der Waals surface area contributed by atoms with Crippen LogP contribution < -0.4 is 9.47 Å². The number of fused-ring (bicyclic) bond motifs is 1. The molecule has 1 atom stereocenters. The van der Waals surface area contributed by atoms with Gasteiger partial charge in [-0.2, -0.15) is 0 Å². The number of hydrogen-bond acceptors (Lipinski definition) is 4. The Balaban J connectivity index is 1.72. The first kappa shape index (κ1) is 21.4. The Morgan fingerprint density at radius 1 is 0.906 bits per heavy atom. The summed E-state index contributed by atoms with van der Waals surface area (Å²) in [7, 11) is 0. The summed E-state index contributed by atoms with van der Waals surface area (Å²) >= 11 is 0. The van der Waals surface area contributed by atoms with Crippen molar-refractivity contribution in [2.45, 2.75) is 25.9 Å². The highest BCUT2D eigenvalue weighted by Crippen LogP contribution is 2.33. The van der Waals surface area contributed by atoms with E-state index in [1.165, 1.54) is 0 Å². The van der Waals surface area contributed by atoms with Crippen LogP contribution in [0.5, 0.6) is 11.5 Å². The van der Waals surface area contributed by atoms with E-state index in [1.807, 2.05) is 43.3 Å². The lowest BCUT2D eigenvalue weighted by Crippen LogP contribution is -2.34. The minimum absolute atomic E-state index is 0.154. The number of aromatic carboxylic acids is 1. The zero-order chi connectivity index (χ0) is 22.5. The lowest BCUT2D eigenvalue weighted by molar-refractivity contribution is 0.0651. The van der Waals surface area contributed by atoms with Crippen LogP contribution in [0.25, 0.3) is 0 Å². The van der Waals surface area contributed by atoms with Crippen LogP contribution in [0.4, 0.5) is 0 Å². The minimum Gasteiger partial charge on any atom is -0.486 e. The zero-order valence-electron chi connectivity index (χ0n) is 17.9. The van der Waals surface area contributed by atoms with Crippen molar-refractivity contribution in [1.29, 1.82) is 0 Å². The molecule has 0 saturated carbocycles. The lowest BCUT2D eigenvalue weighted by atomic mass is 10.00. The molecule has 164 valence electrons. The molecule has 0 fully saturated rings. The van der Waals surface area contributed by atoms with Gasteiger partial charge in [-0.25, -0.2) is 4.79 Å². The van der Waals surface area contributed by atoms with Crippen molar-refractivity contribution >= 4 is 11.9 Å². The average molecular weight is 431 g/mol. The van der Waals surface area contributed by atoms with Crippen molar-refractivity contribution in [1.82, 2.24) is 4.90 Å². The van der Waals surface area contributed by atoms with Crippen molar-refractivity contribution in [3.05, 3.63) is 95.1 Å². The predicted octanol–water partition coefficient (Wildman–Crippen LogP) is 4.95. The number of carboxylic acids is 1. The van der Waals surface area contributed by atoms with Crippen molar-refractivity contribution in [2.24, 2.45) is 0 Å². The van der Waals surface area contributed by atoms with Crippen molar-refractivity contribution < 1.29 is 24.2 Å². The van der Waals surface area contributed by atoms with E-state index in [1.54, 1.807) is 41.3 Å². The third-order valence-electron chi connectivity index (χ3n) is 5.52. The van der Waals surface area contributed by atoms with E-state index in [0.29, 0.717) is 36.7 Å². The first-order valence-corrected chi connectivity index (χ1v) is 10.6. The summed E-state index contributed by atoms with van der Waals surface area (Å²) in [5.74, 6) is 0.0383. The van der Waals surface area contributed by atoms with Gasteiger partial charge >= 0.3 is 5.97 Å². The third-order valence-corrected chi connectivity index (χ3v) is 5.52. The Morgan fingerprint density at radius 3 is 2.38 bits per heavy atom. The fourth-order valence-corrected chi connectivity index (χ4v) is 3.98.